The maximum Gasteiger partial charge on any atom is 0.326 e. The second kappa shape index (κ2) is 8.92. The fraction of sp³-hybridized carbons (Fsp3) is 0.208. The smallest absolute Gasteiger partial charge is 0.324 e. The number of piperidine rings is 1. The first-order valence-electron chi connectivity index (χ1n) is 10.7. The molecule has 2 amide bonds. The summed E-state index contributed by atoms with van der Waals surface area (Å²) in [7, 11) is 0. The number of hydrogen-bond donors (Lipinski definition) is 2. The van der Waals surface area contributed by atoms with Crippen LogP contribution in [0.4, 0.5) is 10.5 Å². The average Bonchev–Trinajstić information content (AvgIpc) is 3.18. The molecule has 5 rings (SSSR count). The molecule has 0 aliphatic carbocycles. The van der Waals surface area contributed by atoms with Crippen LogP contribution in [-0.2, 0) is 0 Å². The van der Waals surface area contributed by atoms with Gasteiger partial charge >= 0.3 is 11.7 Å². The van der Waals surface area contributed by atoms with E-state index in [9.17, 15) is 9.59 Å². The molecule has 0 bridgehead atoms. The Labute approximate surface area is 200 Å². The van der Waals surface area contributed by atoms with Gasteiger partial charge in [-0.2, -0.15) is 0 Å². The predicted octanol–water partition coefficient (Wildman–Crippen LogP) is 5.57. The van der Waals surface area contributed by atoms with Gasteiger partial charge in [-0.05, 0) is 54.8 Å². The molecule has 0 spiro atoms. The molecule has 9 heteroatoms. The number of amides is 2. The summed E-state index contributed by atoms with van der Waals surface area (Å²) in [4.78, 5) is 34.5. The zero-order valence-electron chi connectivity index (χ0n) is 17.6. The van der Waals surface area contributed by atoms with E-state index in [1.165, 1.54) is 0 Å². The summed E-state index contributed by atoms with van der Waals surface area (Å²) in [6.07, 6.45) is 4.84. The SMILES string of the molecule is O=C(Nc1ccc(Cl)c(Cl)c1)N1CCC(n2c(=O)[nH]c3c(-c4ccncc4)cccc32)CC1. The Morgan fingerprint density at radius 3 is 2.52 bits per heavy atom. The van der Waals surface area contributed by atoms with Crippen LogP contribution in [-0.4, -0.2) is 38.6 Å². The molecule has 0 unspecified atom stereocenters. The average molecular weight is 482 g/mol. The number of fused-ring (bicyclic) bond motifs is 1. The van der Waals surface area contributed by atoms with Gasteiger partial charge in [0, 0.05) is 42.8 Å². The number of likely N-dealkylation sites (tertiary alicyclic amines) is 1. The summed E-state index contributed by atoms with van der Waals surface area (Å²) >= 11 is 12.0. The largest absolute Gasteiger partial charge is 0.326 e. The van der Waals surface area contributed by atoms with Crippen molar-refractivity contribution < 1.29 is 4.79 Å². The molecule has 0 saturated carbocycles. The monoisotopic (exact) mass is 481 g/mol. The van der Waals surface area contributed by atoms with Crippen molar-refractivity contribution in [1.82, 2.24) is 19.4 Å². The molecular formula is C24H21Cl2N5O2. The molecule has 33 heavy (non-hydrogen) atoms. The summed E-state index contributed by atoms with van der Waals surface area (Å²) in [5.41, 5.74) is 4.10. The number of carbonyl (C=O) groups excluding carboxylic acids is 1. The first-order chi connectivity index (χ1) is 16.0. The summed E-state index contributed by atoms with van der Waals surface area (Å²) in [5, 5.41) is 3.68. The van der Waals surface area contributed by atoms with Gasteiger partial charge < -0.3 is 15.2 Å². The van der Waals surface area contributed by atoms with Gasteiger partial charge in [0.05, 0.1) is 21.1 Å². The molecule has 7 nitrogen and oxygen atoms in total. The number of anilines is 1. The van der Waals surface area contributed by atoms with Crippen LogP contribution in [0, 0.1) is 0 Å². The lowest BCUT2D eigenvalue weighted by atomic mass is 10.0. The van der Waals surface area contributed by atoms with Crippen LogP contribution < -0.4 is 11.0 Å². The fourth-order valence-corrected chi connectivity index (χ4v) is 4.69. The number of nitrogens with one attached hydrogen (secondary N) is 2. The molecule has 0 atom stereocenters. The van der Waals surface area contributed by atoms with Gasteiger partial charge in [-0.3, -0.25) is 9.55 Å². The first-order valence-corrected chi connectivity index (χ1v) is 11.4. The third-order valence-corrected chi connectivity index (χ3v) is 6.77. The molecule has 2 aromatic heterocycles. The number of aromatic amines is 1. The van der Waals surface area contributed by atoms with Crippen LogP contribution in [0.2, 0.25) is 10.0 Å². The highest BCUT2D eigenvalue weighted by atomic mass is 35.5. The van der Waals surface area contributed by atoms with E-state index in [0.717, 1.165) is 22.2 Å². The zero-order chi connectivity index (χ0) is 22.9. The number of para-hydroxylation sites is 1. The van der Waals surface area contributed by atoms with Gasteiger partial charge in [0.1, 0.15) is 0 Å². The standard InChI is InChI=1S/C24H21Cl2N5O2/c25-19-5-4-16(14-20(19)26)28-23(32)30-12-8-17(9-13-30)31-21-3-1-2-18(22(21)29-24(31)33)15-6-10-27-11-7-15/h1-7,10-11,14,17H,8-9,12-13H2,(H,28,32)(H,29,33). The minimum Gasteiger partial charge on any atom is -0.324 e. The van der Waals surface area contributed by atoms with E-state index in [1.54, 1.807) is 35.5 Å². The molecule has 1 fully saturated rings. The van der Waals surface area contributed by atoms with Crippen molar-refractivity contribution in [2.24, 2.45) is 0 Å². The maximum absolute atomic E-state index is 12.9. The Bertz CT molecular complexity index is 1370. The van der Waals surface area contributed by atoms with E-state index in [0.29, 0.717) is 41.7 Å². The number of benzene rings is 2. The topological polar surface area (TPSA) is 83.0 Å². The van der Waals surface area contributed by atoms with Crippen molar-refractivity contribution in [1.29, 1.82) is 0 Å². The molecule has 1 aliphatic heterocycles. The Morgan fingerprint density at radius 1 is 1.03 bits per heavy atom. The lowest BCUT2D eigenvalue weighted by Crippen LogP contribution is -2.42. The Kier molecular flexibility index (Phi) is 5.83. The number of urea groups is 1. The normalized spacial score (nSPS) is 14.5. The number of hydrogen-bond acceptors (Lipinski definition) is 3. The molecule has 168 valence electrons. The van der Waals surface area contributed by atoms with Crippen LogP contribution in [0.15, 0.2) is 65.7 Å². The fourth-order valence-electron chi connectivity index (χ4n) is 4.39. The van der Waals surface area contributed by atoms with Crippen molar-refractivity contribution in [2.75, 3.05) is 18.4 Å². The Morgan fingerprint density at radius 2 is 1.79 bits per heavy atom. The van der Waals surface area contributed by atoms with E-state index in [1.807, 2.05) is 34.9 Å². The van der Waals surface area contributed by atoms with Crippen molar-refractivity contribution in [3.63, 3.8) is 0 Å². The van der Waals surface area contributed by atoms with Gasteiger partial charge in [-0.15, -0.1) is 0 Å². The maximum atomic E-state index is 12.9. The van der Waals surface area contributed by atoms with Crippen molar-refractivity contribution in [3.8, 4) is 11.1 Å². The summed E-state index contributed by atoms with van der Waals surface area (Å²) < 4.78 is 1.83. The van der Waals surface area contributed by atoms with Gasteiger partial charge in [-0.1, -0.05) is 35.3 Å². The number of nitrogens with zero attached hydrogens (tertiary/aromatic N) is 3. The van der Waals surface area contributed by atoms with Crippen LogP contribution in [0.1, 0.15) is 18.9 Å². The lowest BCUT2D eigenvalue weighted by Gasteiger charge is -2.32. The zero-order valence-corrected chi connectivity index (χ0v) is 19.1. The van der Waals surface area contributed by atoms with Gasteiger partial charge in [0.2, 0.25) is 0 Å². The van der Waals surface area contributed by atoms with Crippen LogP contribution in [0.25, 0.3) is 22.2 Å². The number of carbonyl (C=O) groups is 1. The minimum atomic E-state index is -0.196. The molecule has 1 aliphatic rings. The highest BCUT2D eigenvalue weighted by Gasteiger charge is 2.26. The molecule has 2 aromatic carbocycles. The second-order valence-corrected chi connectivity index (χ2v) is 8.83. The molecule has 4 aromatic rings. The number of imidazole rings is 1. The van der Waals surface area contributed by atoms with Crippen molar-refractivity contribution in [3.05, 3.63) is 81.5 Å². The molecule has 2 N–H and O–H groups in total. The van der Waals surface area contributed by atoms with E-state index in [2.05, 4.69) is 15.3 Å². The highest BCUT2D eigenvalue weighted by molar-refractivity contribution is 6.42. The first kappa shape index (κ1) is 21.6. The second-order valence-electron chi connectivity index (χ2n) is 8.01. The van der Waals surface area contributed by atoms with Gasteiger partial charge in [0.25, 0.3) is 0 Å². The minimum absolute atomic E-state index is 0.00738. The van der Waals surface area contributed by atoms with E-state index in [-0.39, 0.29) is 17.8 Å². The van der Waals surface area contributed by atoms with Gasteiger partial charge in [0.15, 0.2) is 0 Å². The Balaban J connectivity index is 1.33. The van der Waals surface area contributed by atoms with Crippen LogP contribution in [0.3, 0.4) is 0 Å². The third-order valence-electron chi connectivity index (χ3n) is 6.03. The molecular weight excluding hydrogens is 461 g/mol. The van der Waals surface area contributed by atoms with Crippen molar-refractivity contribution in [2.45, 2.75) is 18.9 Å². The number of aromatic nitrogens is 3. The summed E-state index contributed by atoms with van der Waals surface area (Å²) in [6.45, 7) is 1.09. The number of H-pyrrole nitrogens is 1. The molecule has 0 radical (unpaired) electrons. The number of halogens is 2. The molecule has 3 heterocycles. The highest BCUT2D eigenvalue weighted by Crippen LogP contribution is 2.31. The van der Waals surface area contributed by atoms with Gasteiger partial charge in [-0.25, -0.2) is 9.59 Å². The third kappa shape index (κ3) is 4.21. The quantitative estimate of drug-likeness (QED) is 0.401. The number of pyridine rings is 1. The summed E-state index contributed by atoms with van der Waals surface area (Å²) in [5.74, 6) is 0. The van der Waals surface area contributed by atoms with Crippen molar-refractivity contribution >= 4 is 46.0 Å². The lowest BCUT2D eigenvalue weighted by molar-refractivity contribution is 0.184. The predicted molar refractivity (Wildman–Crippen MR) is 131 cm³/mol. The van der Waals surface area contributed by atoms with Crippen LogP contribution in [0.5, 0.6) is 0 Å². The Hall–Kier alpha value is -3.29. The number of rotatable bonds is 3. The summed E-state index contributed by atoms with van der Waals surface area (Å²) in [6, 6.07) is 14.6. The van der Waals surface area contributed by atoms with Crippen LogP contribution >= 0.6 is 23.2 Å². The molecule has 1 saturated heterocycles. The van der Waals surface area contributed by atoms with E-state index >= 15 is 0 Å². The van der Waals surface area contributed by atoms with E-state index < -0.39 is 0 Å². The van der Waals surface area contributed by atoms with E-state index in [4.69, 9.17) is 23.2 Å².